The molecule has 1 heterocycles. The van der Waals surface area contributed by atoms with Gasteiger partial charge in [-0.3, -0.25) is 9.69 Å². The number of piperazine rings is 1. The molecule has 3 rings (SSSR count). The van der Waals surface area contributed by atoms with Crippen LogP contribution < -0.4 is 14.4 Å². The first-order valence-corrected chi connectivity index (χ1v) is 9.08. The van der Waals surface area contributed by atoms with Crippen LogP contribution >= 0.6 is 0 Å². The number of methoxy groups -OCH3 is 1. The van der Waals surface area contributed by atoms with Crippen molar-refractivity contribution in [3.8, 4) is 11.5 Å². The Morgan fingerprint density at radius 3 is 2.19 bits per heavy atom. The van der Waals surface area contributed by atoms with E-state index in [2.05, 4.69) is 21.9 Å². The van der Waals surface area contributed by atoms with Crippen LogP contribution in [0.25, 0.3) is 0 Å². The lowest BCUT2D eigenvalue weighted by Crippen LogP contribution is -2.46. The number of benzene rings is 2. The van der Waals surface area contributed by atoms with Crippen molar-refractivity contribution in [2.24, 2.45) is 0 Å². The highest BCUT2D eigenvalue weighted by molar-refractivity contribution is 5.74. The van der Waals surface area contributed by atoms with Gasteiger partial charge in [0, 0.05) is 44.0 Å². The minimum absolute atomic E-state index is 0.673. The summed E-state index contributed by atoms with van der Waals surface area (Å²) in [5, 5.41) is 0. The van der Waals surface area contributed by atoms with E-state index >= 15 is 0 Å². The van der Waals surface area contributed by atoms with E-state index in [1.54, 1.807) is 19.2 Å². The minimum Gasteiger partial charge on any atom is -0.497 e. The maximum Gasteiger partial charge on any atom is 0.150 e. The Morgan fingerprint density at radius 1 is 0.923 bits per heavy atom. The number of hydrogen-bond donors (Lipinski definition) is 0. The van der Waals surface area contributed by atoms with Crippen LogP contribution in [0.2, 0.25) is 0 Å². The number of nitrogens with zero attached hydrogens (tertiary/aromatic N) is 2. The standard InChI is InChI=1S/C21H26N2O3/c1-25-20-9-5-19(6-10-20)23-14-12-22(13-15-23)11-2-16-26-21-7-3-18(17-24)4-8-21/h3-10,17H,2,11-16H2,1H3. The highest BCUT2D eigenvalue weighted by atomic mass is 16.5. The smallest absolute Gasteiger partial charge is 0.150 e. The van der Waals surface area contributed by atoms with Gasteiger partial charge in [0.15, 0.2) is 0 Å². The van der Waals surface area contributed by atoms with Gasteiger partial charge in [-0.2, -0.15) is 0 Å². The Labute approximate surface area is 155 Å². The van der Waals surface area contributed by atoms with E-state index in [4.69, 9.17) is 9.47 Å². The van der Waals surface area contributed by atoms with Crippen molar-refractivity contribution in [2.45, 2.75) is 6.42 Å². The van der Waals surface area contributed by atoms with E-state index < -0.39 is 0 Å². The molecule has 1 aliphatic rings. The Morgan fingerprint density at radius 2 is 1.58 bits per heavy atom. The molecule has 0 amide bonds. The van der Waals surface area contributed by atoms with E-state index in [-0.39, 0.29) is 0 Å². The van der Waals surface area contributed by atoms with Crippen LogP contribution in [0.15, 0.2) is 48.5 Å². The van der Waals surface area contributed by atoms with Crippen molar-refractivity contribution in [3.05, 3.63) is 54.1 Å². The fourth-order valence-electron chi connectivity index (χ4n) is 3.14. The maximum absolute atomic E-state index is 10.6. The lowest BCUT2D eigenvalue weighted by molar-refractivity contribution is 0.112. The Kier molecular flexibility index (Phi) is 6.50. The zero-order valence-corrected chi connectivity index (χ0v) is 15.3. The Hall–Kier alpha value is -2.53. The van der Waals surface area contributed by atoms with Gasteiger partial charge in [0.05, 0.1) is 13.7 Å². The number of carbonyl (C=O) groups excluding carboxylic acids is 1. The van der Waals surface area contributed by atoms with Crippen LogP contribution in [0.5, 0.6) is 11.5 Å². The number of anilines is 1. The highest BCUT2D eigenvalue weighted by Gasteiger charge is 2.16. The zero-order chi connectivity index (χ0) is 18.2. The first kappa shape index (κ1) is 18.3. The van der Waals surface area contributed by atoms with Crippen molar-refractivity contribution in [1.82, 2.24) is 4.90 Å². The molecule has 0 saturated carbocycles. The third-order valence-corrected chi connectivity index (χ3v) is 4.71. The molecule has 5 heteroatoms. The topological polar surface area (TPSA) is 42.0 Å². The van der Waals surface area contributed by atoms with Crippen molar-refractivity contribution >= 4 is 12.0 Å². The zero-order valence-electron chi connectivity index (χ0n) is 15.3. The molecule has 0 bridgehead atoms. The summed E-state index contributed by atoms with van der Waals surface area (Å²) in [6.07, 6.45) is 1.84. The normalized spacial score (nSPS) is 14.9. The summed E-state index contributed by atoms with van der Waals surface area (Å²) in [4.78, 5) is 15.5. The fraction of sp³-hybridized carbons (Fsp3) is 0.381. The molecule has 0 aromatic heterocycles. The predicted octanol–water partition coefficient (Wildman–Crippen LogP) is 3.10. The summed E-state index contributed by atoms with van der Waals surface area (Å²) in [7, 11) is 1.69. The second-order valence-corrected chi connectivity index (χ2v) is 6.42. The summed E-state index contributed by atoms with van der Waals surface area (Å²) in [5.74, 6) is 1.72. The lowest BCUT2D eigenvalue weighted by atomic mass is 10.2. The molecule has 26 heavy (non-hydrogen) atoms. The molecule has 0 unspecified atom stereocenters. The van der Waals surface area contributed by atoms with Crippen LogP contribution in [0.3, 0.4) is 0 Å². The first-order valence-electron chi connectivity index (χ1n) is 9.08. The van der Waals surface area contributed by atoms with E-state index in [1.165, 1.54) is 5.69 Å². The molecular weight excluding hydrogens is 328 g/mol. The largest absolute Gasteiger partial charge is 0.497 e. The fourth-order valence-corrected chi connectivity index (χ4v) is 3.14. The van der Waals surface area contributed by atoms with Crippen molar-refractivity contribution in [1.29, 1.82) is 0 Å². The van der Waals surface area contributed by atoms with E-state index in [0.717, 1.165) is 56.9 Å². The molecule has 0 aliphatic carbocycles. The second kappa shape index (κ2) is 9.25. The third kappa shape index (κ3) is 4.99. The van der Waals surface area contributed by atoms with Gasteiger partial charge >= 0.3 is 0 Å². The van der Waals surface area contributed by atoms with Gasteiger partial charge in [0.1, 0.15) is 17.8 Å². The SMILES string of the molecule is COc1ccc(N2CCN(CCCOc3ccc(C=O)cc3)CC2)cc1. The molecule has 0 spiro atoms. The van der Waals surface area contributed by atoms with Crippen molar-refractivity contribution < 1.29 is 14.3 Å². The molecule has 1 fully saturated rings. The van der Waals surface area contributed by atoms with Gasteiger partial charge in [-0.15, -0.1) is 0 Å². The third-order valence-electron chi connectivity index (χ3n) is 4.71. The van der Waals surface area contributed by atoms with Crippen LogP contribution in [0.4, 0.5) is 5.69 Å². The number of carbonyl (C=O) groups is 1. The monoisotopic (exact) mass is 354 g/mol. The molecule has 1 aliphatic heterocycles. The van der Waals surface area contributed by atoms with E-state index in [9.17, 15) is 4.79 Å². The van der Waals surface area contributed by atoms with E-state index in [0.29, 0.717) is 12.2 Å². The Bertz CT molecular complexity index is 677. The highest BCUT2D eigenvalue weighted by Crippen LogP contribution is 2.20. The number of rotatable bonds is 8. The summed E-state index contributed by atoms with van der Waals surface area (Å²) >= 11 is 0. The predicted molar refractivity (Wildman–Crippen MR) is 104 cm³/mol. The number of hydrogen-bond acceptors (Lipinski definition) is 5. The van der Waals surface area contributed by atoms with Crippen molar-refractivity contribution in [3.63, 3.8) is 0 Å². The molecule has 2 aromatic carbocycles. The van der Waals surface area contributed by atoms with Gasteiger partial charge in [-0.1, -0.05) is 0 Å². The van der Waals surface area contributed by atoms with Gasteiger partial charge in [0.2, 0.25) is 0 Å². The molecule has 1 saturated heterocycles. The molecule has 0 N–H and O–H groups in total. The van der Waals surface area contributed by atoms with Gasteiger partial charge < -0.3 is 14.4 Å². The van der Waals surface area contributed by atoms with Crippen LogP contribution in [-0.2, 0) is 0 Å². The van der Waals surface area contributed by atoms with Gasteiger partial charge in [-0.25, -0.2) is 0 Å². The van der Waals surface area contributed by atoms with Gasteiger partial charge in [-0.05, 0) is 55.0 Å². The summed E-state index contributed by atoms with van der Waals surface area (Å²) in [6, 6.07) is 15.5. The molecule has 138 valence electrons. The maximum atomic E-state index is 10.6. The quantitative estimate of drug-likeness (QED) is 0.538. The second-order valence-electron chi connectivity index (χ2n) is 6.42. The van der Waals surface area contributed by atoms with Gasteiger partial charge in [0.25, 0.3) is 0 Å². The van der Waals surface area contributed by atoms with Crippen LogP contribution in [0, 0.1) is 0 Å². The van der Waals surface area contributed by atoms with Crippen LogP contribution in [0.1, 0.15) is 16.8 Å². The molecular formula is C21H26N2O3. The molecule has 0 radical (unpaired) electrons. The minimum atomic E-state index is 0.673. The average Bonchev–Trinajstić information content (AvgIpc) is 2.72. The Balaban J connectivity index is 1.35. The number of aldehydes is 1. The van der Waals surface area contributed by atoms with Crippen LogP contribution in [-0.4, -0.2) is 57.6 Å². The molecule has 2 aromatic rings. The molecule has 5 nitrogen and oxygen atoms in total. The molecule has 0 atom stereocenters. The summed E-state index contributed by atoms with van der Waals surface area (Å²) in [5.41, 5.74) is 1.93. The first-order chi connectivity index (χ1) is 12.8. The summed E-state index contributed by atoms with van der Waals surface area (Å²) < 4.78 is 11.0. The average molecular weight is 354 g/mol. The number of ether oxygens (including phenoxy) is 2. The lowest BCUT2D eigenvalue weighted by Gasteiger charge is -2.36. The van der Waals surface area contributed by atoms with E-state index in [1.807, 2.05) is 24.3 Å². The van der Waals surface area contributed by atoms with Crippen molar-refractivity contribution in [2.75, 3.05) is 51.3 Å². The summed E-state index contributed by atoms with van der Waals surface area (Å²) in [6.45, 7) is 5.96.